The van der Waals surface area contributed by atoms with E-state index in [0.29, 0.717) is 44.3 Å². The van der Waals surface area contributed by atoms with Gasteiger partial charge in [0, 0.05) is 18.9 Å². The number of hydrogen-bond donors (Lipinski definition) is 2. The van der Waals surface area contributed by atoms with E-state index in [1.807, 2.05) is 6.07 Å². The van der Waals surface area contributed by atoms with Gasteiger partial charge in [-0.2, -0.15) is 18.3 Å². The molecule has 2 amide bonds. The van der Waals surface area contributed by atoms with Gasteiger partial charge in [0.15, 0.2) is 0 Å². The third kappa shape index (κ3) is 9.07. The Balaban J connectivity index is 0.000000479. The van der Waals surface area contributed by atoms with Crippen LogP contribution in [0.2, 0.25) is 0 Å². The zero-order valence-electron chi connectivity index (χ0n) is 19.3. The minimum atomic E-state index is -5.08. The number of nitrogens with zero attached hydrogens (tertiary/aromatic N) is 4. The van der Waals surface area contributed by atoms with Crippen molar-refractivity contribution in [2.75, 3.05) is 31.6 Å². The Bertz CT molecular complexity index is 1160. The number of aliphatic carboxylic acids is 1. The first kappa shape index (κ1) is 27.4. The summed E-state index contributed by atoms with van der Waals surface area (Å²) in [6.07, 6.45) is 1.34. The highest BCUT2D eigenvalue weighted by Gasteiger charge is 2.38. The standard InChI is InChI=1S/C21H22FN5O3.C2HF3O2/c22-17-5-3-16(4-6-17)12-27-13-18(10-24-27)25-21(28)26-8-9-29-20(14-26)15-30-19-2-1-7-23-11-19;3-2(4,5)1(6)7/h1-7,10-11,13,20H,8-9,12,14-15H2,(H,25,28);(H,6,7). The number of nitrogens with one attached hydrogen (secondary N) is 1. The molecule has 0 aliphatic carbocycles. The average molecular weight is 525 g/mol. The molecular weight excluding hydrogens is 502 g/mol. The maximum Gasteiger partial charge on any atom is 0.490 e. The molecule has 3 heterocycles. The predicted octanol–water partition coefficient (Wildman–Crippen LogP) is 3.41. The van der Waals surface area contributed by atoms with Crippen molar-refractivity contribution in [3.05, 3.63) is 72.6 Å². The number of alkyl halides is 3. The van der Waals surface area contributed by atoms with Crippen LogP contribution in [0.4, 0.5) is 28.0 Å². The number of ether oxygens (including phenoxy) is 2. The molecule has 1 saturated heterocycles. The molecule has 2 aromatic heterocycles. The number of carboxylic acids is 1. The summed E-state index contributed by atoms with van der Waals surface area (Å²) in [5, 5.41) is 14.2. The molecule has 1 atom stereocenters. The zero-order chi connectivity index (χ0) is 26.8. The molecule has 1 aliphatic heterocycles. The van der Waals surface area contributed by atoms with Gasteiger partial charge in [-0.15, -0.1) is 0 Å². The van der Waals surface area contributed by atoms with Gasteiger partial charge in [0.05, 0.1) is 37.8 Å². The quantitative estimate of drug-likeness (QED) is 0.474. The van der Waals surface area contributed by atoms with Crippen molar-refractivity contribution < 1.29 is 41.7 Å². The maximum absolute atomic E-state index is 13.0. The summed E-state index contributed by atoms with van der Waals surface area (Å²) in [7, 11) is 0. The van der Waals surface area contributed by atoms with E-state index in [0.717, 1.165) is 5.56 Å². The van der Waals surface area contributed by atoms with Crippen LogP contribution in [0.3, 0.4) is 0 Å². The van der Waals surface area contributed by atoms with E-state index >= 15 is 0 Å². The van der Waals surface area contributed by atoms with Gasteiger partial charge in [-0.1, -0.05) is 12.1 Å². The van der Waals surface area contributed by atoms with E-state index in [9.17, 15) is 22.4 Å². The molecule has 1 unspecified atom stereocenters. The highest BCUT2D eigenvalue weighted by molar-refractivity contribution is 5.89. The topological polar surface area (TPSA) is 119 Å². The Morgan fingerprint density at radius 3 is 2.57 bits per heavy atom. The van der Waals surface area contributed by atoms with Crippen LogP contribution in [0.1, 0.15) is 5.56 Å². The van der Waals surface area contributed by atoms with Crippen molar-refractivity contribution in [1.29, 1.82) is 0 Å². The van der Waals surface area contributed by atoms with Crippen LogP contribution in [0, 0.1) is 5.82 Å². The molecule has 1 fully saturated rings. The smallest absolute Gasteiger partial charge is 0.489 e. The van der Waals surface area contributed by atoms with E-state index in [4.69, 9.17) is 19.4 Å². The second kappa shape index (κ2) is 12.7. The van der Waals surface area contributed by atoms with Crippen LogP contribution in [-0.4, -0.2) is 75.4 Å². The van der Waals surface area contributed by atoms with Gasteiger partial charge in [-0.05, 0) is 29.8 Å². The molecule has 0 saturated carbocycles. The lowest BCUT2D eigenvalue weighted by atomic mass is 10.2. The van der Waals surface area contributed by atoms with Crippen molar-refractivity contribution >= 4 is 17.7 Å². The third-order valence-electron chi connectivity index (χ3n) is 4.88. The average Bonchev–Trinajstić information content (AvgIpc) is 3.31. The van der Waals surface area contributed by atoms with Crippen molar-refractivity contribution in [1.82, 2.24) is 19.7 Å². The molecule has 198 valence electrons. The summed E-state index contributed by atoms with van der Waals surface area (Å²) < 4.78 is 57.8. The van der Waals surface area contributed by atoms with Crippen molar-refractivity contribution in [3.63, 3.8) is 0 Å². The molecule has 2 N–H and O–H groups in total. The molecule has 1 aliphatic rings. The van der Waals surface area contributed by atoms with Gasteiger partial charge in [-0.25, -0.2) is 14.0 Å². The van der Waals surface area contributed by atoms with Crippen molar-refractivity contribution in [3.8, 4) is 5.75 Å². The third-order valence-corrected chi connectivity index (χ3v) is 4.88. The molecule has 1 aromatic carbocycles. The molecule has 37 heavy (non-hydrogen) atoms. The van der Waals surface area contributed by atoms with Crippen LogP contribution in [-0.2, 0) is 16.1 Å². The fourth-order valence-corrected chi connectivity index (χ4v) is 3.12. The number of aromatic nitrogens is 3. The number of morpholine rings is 1. The zero-order valence-corrected chi connectivity index (χ0v) is 19.3. The first-order valence-electron chi connectivity index (χ1n) is 10.9. The number of pyridine rings is 1. The van der Waals surface area contributed by atoms with Crippen LogP contribution in [0.25, 0.3) is 0 Å². The lowest BCUT2D eigenvalue weighted by Crippen LogP contribution is -2.49. The molecule has 0 radical (unpaired) electrons. The summed E-state index contributed by atoms with van der Waals surface area (Å²) in [5.74, 6) is -2.37. The van der Waals surface area contributed by atoms with E-state index < -0.39 is 12.1 Å². The van der Waals surface area contributed by atoms with E-state index in [1.165, 1.54) is 12.1 Å². The van der Waals surface area contributed by atoms with Gasteiger partial charge in [0.1, 0.15) is 24.3 Å². The van der Waals surface area contributed by atoms with E-state index in [2.05, 4.69) is 15.4 Å². The lowest BCUT2D eigenvalue weighted by molar-refractivity contribution is -0.192. The van der Waals surface area contributed by atoms with E-state index in [-0.39, 0.29) is 18.0 Å². The van der Waals surface area contributed by atoms with Crippen LogP contribution in [0.15, 0.2) is 61.2 Å². The van der Waals surface area contributed by atoms with Crippen molar-refractivity contribution in [2.45, 2.75) is 18.8 Å². The van der Waals surface area contributed by atoms with E-state index in [1.54, 1.807) is 52.6 Å². The molecule has 14 heteroatoms. The lowest BCUT2D eigenvalue weighted by Gasteiger charge is -2.32. The molecule has 10 nitrogen and oxygen atoms in total. The number of rotatable bonds is 6. The molecule has 4 rings (SSSR count). The number of halogens is 4. The predicted molar refractivity (Wildman–Crippen MR) is 121 cm³/mol. The second-order valence-electron chi connectivity index (χ2n) is 7.72. The van der Waals surface area contributed by atoms with Crippen molar-refractivity contribution in [2.24, 2.45) is 0 Å². The Hall–Kier alpha value is -4.20. The summed E-state index contributed by atoms with van der Waals surface area (Å²) in [4.78, 5) is 27.2. The normalized spacial score (nSPS) is 15.4. The van der Waals surface area contributed by atoms with Gasteiger partial charge in [0.25, 0.3) is 0 Å². The Morgan fingerprint density at radius 1 is 1.19 bits per heavy atom. The monoisotopic (exact) mass is 525 g/mol. The number of hydrogen-bond acceptors (Lipinski definition) is 6. The number of carbonyl (C=O) groups is 2. The van der Waals surface area contributed by atoms with Gasteiger partial charge >= 0.3 is 18.2 Å². The Labute approximate surface area is 208 Å². The summed E-state index contributed by atoms with van der Waals surface area (Å²) in [6, 6.07) is 9.64. The maximum atomic E-state index is 13.0. The number of amides is 2. The molecule has 0 bridgehead atoms. The minimum Gasteiger partial charge on any atom is -0.489 e. The number of carbonyl (C=O) groups excluding carboxylic acids is 1. The largest absolute Gasteiger partial charge is 0.490 e. The number of anilines is 1. The molecule has 0 spiro atoms. The second-order valence-corrected chi connectivity index (χ2v) is 7.72. The molecular formula is C23H23F4N5O5. The first-order chi connectivity index (χ1) is 17.6. The number of urea groups is 1. The number of benzene rings is 1. The first-order valence-corrected chi connectivity index (χ1v) is 10.9. The fraction of sp³-hybridized carbons (Fsp3) is 0.304. The summed E-state index contributed by atoms with van der Waals surface area (Å²) in [6.45, 7) is 2.19. The van der Waals surface area contributed by atoms with Crippen LogP contribution >= 0.6 is 0 Å². The van der Waals surface area contributed by atoms with Gasteiger partial charge < -0.3 is 24.8 Å². The minimum absolute atomic E-state index is 0.217. The summed E-state index contributed by atoms with van der Waals surface area (Å²) in [5.41, 5.74) is 1.51. The number of carboxylic acid groups (broad SMARTS) is 1. The van der Waals surface area contributed by atoms with Gasteiger partial charge in [0.2, 0.25) is 0 Å². The summed E-state index contributed by atoms with van der Waals surface area (Å²) >= 11 is 0. The highest BCUT2D eigenvalue weighted by atomic mass is 19.4. The van der Waals surface area contributed by atoms with Crippen LogP contribution in [0.5, 0.6) is 5.75 Å². The fourth-order valence-electron chi connectivity index (χ4n) is 3.12. The molecule has 3 aromatic rings. The van der Waals surface area contributed by atoms with Crippen LogP contribution < -0.4 is 10.1 Å². The van der Waals surface area contributed by atoms with Gasteiger partial charge in [-0.3, -0.25) is 9.67 Å². The SMILES string of the molecule is O=C(Nc1cnn(Cc2ccc(F)cc2)c1)N1CCOC(COc2cccnc2)C1.O=C(O)C(F)(F)F. The Kier molecular flexibility index (Phi) is 9.38. The highest BCUT2D eigenvalue weighted by Crippen LogP contribution is 2.14. The Morgan fingerprint density at radius 2 is 1.92 bits per heavy atom.